The number of hydrogen-bond donors (Lipinski definition) is 1. The Balaban J connectivity index is 2.67. The number of aryl methyl sites for hydroxylation is 1. The number of carbonyl (C=O) groups excluding carboxylic acids is 1. The van der Waals surface area contributed by atoms with E-state index in [0.29, 0.717) is 18.0 Å². The van der Waals surface area contributed by atoms with Gasteiger partial charge in [0.25, 0.3) is 5.91 Å². The number of benzene rings is 1. The monoisotopic (exact) mass is 317 g/mol. The molecule has 94 valence electrons. The van der Waals surface area contributed by atoms with Crippen LogP contribution in [0.25, 0.3) is 0 Å². The van der Waals surface area contributed by atoms with Gasteiger partial charge in [0.05, 0.1) is 5.38 Å². The zero-order chi connectivity index (χ0) is 13.0. The molecule has 2 nitrogen and oxygen atoms in total. The molecular weight excluding hydrogens is 302 g/mol. The second kappa shape index (κ2) is 6.41. The molecule has 1 aromatic carbocycles. The lowest BCUT2D eigenvalue weighted by atomic mass is 10.1. The SMILES string of the molecule is Cc1ccc(Br)cc1C(=O)NCC(Cl)C(C)C. The highest BCUT2D eigenvalue weighted by molar-refractivity contribution is 9.10. The normalized spacial score (nSPS) is 12.6. The van der Waals surface area contributed by atoms with Gasteiger partial charge < -0.3 is 5.32 Å². The van der Waals surface area contributed by atoms with Gasteiger partial charge in [-0.1, -0.05) is 35.8 Å². The van der Waals surface area contributed by atoms with Crippen molar-refractivity contribution in [2.24, 2.45) is 5.92 Å². The summed E-state index contributed by atoms with van der Waals surface area (Å²) in [4.78, 5) is 12.0. The minimum atomic E-state index is -0.0740. The highest BCUT2D eigenvalue weighted by Gasteiger charge is 2.13. The average molecular weight is 319 g/mol. The van der Waals surface area contributed by atoms with E-state index in [2.05, 4.69) is 21.2 Å². The molecule has 1 N–H and O–H groups in total. The fourth-order valence-corrected chi connectivity index (χ4v) is 1.80. The van der Waals surface area contributed by atoms with Gasteiger partial charge in [-0.05, 0) is 30.5 Å². The summed E-state index contributed by atoms with van der Waals surface area (Å²) in [5, 5.41) is 2.82. The van der Waals surface area contributed by atoms with Crippen LogP contribution < -0.4 is 5.32 Å². The van der Waals surface area contributed by atoms with E-state index in [0.717, 1.165) is 10.0 Å². The van der Waals surface area contributed by atoms with E-state index in [9.17, 15) is 4.79 Å². The second-order valence-electron chi connectivity index (χ2n) is 4.43. The van der Waals surface area contributed by atoms with E-state index in [-0.39, 0.29) is 11.3 Å². The molecule has 0 aliphatic heterocycles. The van der Waals surface area contributed by atoms with Gasteiger partial charge in [0.15, 0.2) is 0 Å². The molecule has 0 aromatic heterocycles. The molecule has 1 atom stereocenters. The van der Waals surface area contributed by atoms with Crippen molar-refractivity contribution in [3.63, 3.8) is 0 Å². The maximum absolute atomic E-state index is 12.0. The molecule has 0 fully saturated rings. The number of rotatable bonds is 4. The molecule has 0 heterocycles. The summed E-state index contributed by atoms with van der Waals surface area (Å²) in [6, 6.07) is 5.66. The zero-order valence-corrected chi connectivity index (χ0v) is 12.6. The number of alkyl halides is 1. The number of carbonyl (C=O) groups is 1. The van der Waals surface area contributed by atoms with Crippen LogP contribution in [0, 0.1) is 12.8 Å². The maximum atomic E-state index is 12.0. The Kier molecular flexibility index (Phi) is 5.47. The first-order chi connectivity index (χ1) is 7.91. The summed E-state index contributed by atoms with van der Waals surface area (Å²) in [5.41, 5.74) is 1.65. The minimum Gasteiger partial charge on any atom is -0.351 e. The van der Waals surface area contributed by atoms with Crippen LogP contribution in [0.2, 0.25) is 0 Å². The summed E-state index contributed by atoms with van der Waals surface area (Å²) in [5.74, 6) is 0.274. The standard InChI is InChI=1S/C13H17BrClNO/c1-8(2)12(15)7-16-13(17)11-6-10(14)5-4-9(11)3/h4-6,8,12H,7H2,1-3H3,(H,16,17). The predicted molar refractivity (Wildman–Crippen MR) is 75.7 cm³/mol. The van der Waals surface area contributed by atoms with Crippen molar-refractivity contribution in [3.05, 3.63) is 33.8 Å². The Morgan fingerprint density at radius 2 is 2.12 bits per heavy atom. The predicted octanol–water partition coefficient (Wildman–Crippen LogP) is 3.75. The topological polar surface area (TPSA) is 29.1 Å². The first kappa shape index (κ1) is 14.5. The van der Waals surface area contributed by atoms with E-state index in [4.69, 9.17) is 11.6 Å². The quantitative estimate of drug-likeness (QED) is 0.842. The minimum absolute atomic E-state index is 0.0357. The molecule has 0 aliphatic rings. The van der Waals surface area contributed by atoms with Crippen LogP contribution in [-0.4, -0.2) is 17.8 Å². The van der Waals surface area contributed by atoms with Gasteiger partial charge in [0, 0.05) is 16.6 Å². The first-order valence-electron chi connectivity index (χ1n) is 5.60. The van der Waals surface area contributed by atoms with Gasteiger partial charge in [-0.25, -0.2) is 0 Å². The molecule has 1 aromatic rings. The molecule has 4 heteroatoms. The zero-order valence-electron chi connectivity index (χ0n) is 10.3. The highest BCUT2D eigenvalue weighted by atomic mass is 79.9. The Bertz CT molecular complexity index is 406. The number of halogens is 2. The molecule has 0 saturated carbocycles. The Morgan fingerprint density at radius 3 is 2.71 bits per heavy atom. The average Bonchev–Trinajstić information content (AvgIpc) is 2.28. The van der Waals surface area contributed by atoms with Crippen LogP contribution in [0.3, 0.4) is 0 Å². The number of nitrogens with one attached hydrogen (secondary N) is 1. The van der Waals surface area contributed by atoms with Crippen molar-refractivity contribution in [2.75, 3.05) is 6.54 Å². The fourth-order valence-electron chi connectivity index (χ4n) is 1.36. The van der Waals surface area contributed by atoms with E-state index in [1.807, 2.05) is 39.0 Å². The van der Waals surface area contributed by atoms with Gasteiger partial charge in [-0.3, -0.25) is 4.79 Å². The molecule has 1 rings (SSSR count). The van der Waals surface area contributed by atoms with Crippen LogP contribution in [0.5, 0.6) is 0 Å². The van der Waals surface area contributed by atoms with Crippen molar-refractivity contribution in [3.8, 4) is 0 Å². The largest absolute Gasteiger partial charge is 0.351 e. The number of amides is 1. The second-order valence-corrected chi connectivity index (χ2v) is 5.91. The van der Waals surface area contributed by atoms with Crippen LogP contribution >= 0.6 is 27.5 Å². The lowest BCUT2D eigenvalue weighted by Crippen LogP contribution is -2.32. The first-order valence-corrected chi connectivity index (χ1v) is 6.83. The summed E-state index contributed by atoms with van der Waals surface area (Å²) in [6.45, 7) is 6.48. The van der Waals surface area contributed by atoms with Gasteiger partial charge >= 0.3 is 0 Å². The van der Waals surface area contributed by atoms with Gasteiger partial charge in [0.2, 0.25) is 0 Å². The van der Waals surface area contributed by atoms with Crippen molar-refractivity contribution >= 4 is 33.4 Å². The molecule has 0 aliphatic carbocycles. The highest BCUT2D eigenvalue weighted by Crippen LogP contribution is 2.16. The molecule has 1 unspecified atom stereocenters. The van der Waals surface area contributed by atoms with Crippen molar-refractivity contribution < 1.29 is 4.79 Å². The molecule has 0 spiro atoms. The van der Waals surface area contributed by atoms with Gasteiger partial charge in [-0.2, -0.15) is 0 Å². The molecule has 0 bridgehead atoms. The molecule has 17 heavy (non-hydrogen) atoms. The van der Waals surface area contributed by atoms with E-state index in [1.165, 1.54) is 0 Å². The number of hydrogen-bond acceptors (Lipinski definition) is 1. The summed E-state index contributed by atoms with van der Waals surface area (Å²) in [6.07, 6.45) is 0. The smallest absolute Gasteiger partial charge is 0.251 e. The third-order valence-corrected chi connectivity index (χ3v) is 3.78. The molecule has 0 radical (unpaired) electrons. The van der Waals surface area contributed by atoms with E-state index < -0.39 is 0 Å². The van der Waals surface area contributed by atoms with Crippen LogP contribution in [0.15, 0.2) is 22.7 Å². The summed E-state index contributed by atoms with van der Waals surface area (Å²) in [7, 11) is 0. The Hall–Kier alpha value is -0.540. The van der Waals surface area contributed by atoms with Gasteiger partial charge in [-0.15, -0.1) is 11.6 Å². The lowest BCUT2D eigenvalue weighted by molar-refractivity contribution is 0.0951. The maximum Gasteiger partial charge on any atom is 0.251 e. The fraction of sp³-hybridized carbons (Fsp3) is 0.462. The van der Waals surface area contributed by atoms with Crippen molar-refractivity contribution in [1.82, 2.24) is 5.32 Å². The van der Waals surface area contributed by atoms with Crippen LogP contribution in [0.1, 0.15) is 29.8 Å². The Labute approximate surface area is 116 Å². The molecule has 0 saturated heterocycles. The van der Waals surface area contributed by atoms with E-state index >= 15 is 0 Å². The van der Waals surface area contributed by atoms with Crippen molar-refractivity contribution in [1.29, 1.82) is 0 Å². The van der Waals surface area contributed by atoms with Crippen LogP contribution in [0.4, 0.5) is 0 Å². The van der Waals surface area contributed by atoms with Gasteiger partial charge in [0.1, 0.15) is 0 Å². The summed E-state index contributed by atoms with van der Waals surface area (Å²) < 4.78 is 0.902. The lowest BCUT2D eigenvalue weighted by Gasteiger charge is -2.14. The summed E-state index contributed by atoms with van der Waals surface area (Å²) >= 11 is 9.46. The van der Waals surface area contributed by atoms with Crippen molar-refractivity contribution in [2.45, 2.75) is 26.1 Å². The van der Waals surface area contributed by atoms with E-state index in [1.54, 1.807) is 0 Å². The molecule has 1 amide bonds. The van der Waals surface area contributed by atoms with Crippen LogP contribution in [-0.2, 0) is 0 Å². The third-order valence-electron chi connectivity index (χ3n) is 2.63. The Morgan fingerprint density at radius 1 is 1.47 bits per heavy atom. The third kappa shape index (κ3) is 4.32. The molecular formula is C13H17BrClNO.